The Balaban J connectivity index is 2.37. The third kappa shape index (κ3) is 2.47. The molecule has 0 N–H and O–H groups in total. The molecule has 0 fully saturated rings. The summed E-state index contributed by atoms with van der Waals surface area (Å²) in [5.41, 5.74) is -0.668. The molecule has 0 spiro atoms. The van der Waals surface area contributed by atoms with Crippen molar-refractivity contribution < 1.29 is 23.4 Å². The summed E-state index contributed by atoms with van der Waals surface area (Å²) >= 11 is 0. The molecule has 0 bridgehead atoms. The highest BCUT2D eigenvalue weighted by molar-refractivity contribution is 6.33. The summed E-state index contributed by atoms with van der Waals surface area (Å²) in [4.78, 5) is 24.7. The first-order valence-corrected chi connectivity index (χ1v) is 7.45. The topological polar surface area (TPSA) is 66.8 Å². The number of carbonyl (C=O) groups excluding carboxylic acids is 1. The maximum Gasteiger partial charge on any atom is 0.343 e. The molecule has 2 heterocycles. The van der Waals surface area contributed by atoms with E-state index in [1.54, 1.807) is 11.5 Å². The molecule has 8 heteroatoms. The van der Waals surface area contributed by atoms with E-state index >= 15 is 0 Å². The zero-order chi connectivity index (χ0) is 17.4. The zero-order valence-electron chi connectivity index (χ0n) is 13.3. The fourth-order valence-electron chi connectivity index (χ4n) is 2.84. The molecule has 0 saturated carbocycles. The van der Waals surface area contributed by atoms with Crippen molar-refractivity contribution in [3.63, 3.8) is 0 Å². The van der Waals surface area contributed by atoms with Crippen LogP contribution < -0.4 is 15.6 Å². The van der Waals surface area contributed by atoms with Crippen molar-refractivity contribution in [2.24, 2.45) is 0 Å². The lowest BCUT2D eigenvalue weighted by molar-refractivity contribution is 0.0522. The summed E-state index contributed by atoms with van der Waals surface area (Å²) in [6.45, 7) is 2.18. The van der Waals surface area contributed by atoms with Crippen molar-refractivity contribution in [3.05, 3.63) is 33.9 Å². The smallest absolute Gasteiger partial charge is 0.343 e. The number of hydrogen-bond acceptors (Lipinski definition) is 5. The molecule has 2 aromatic rings. The highest BCUT2D eigenvalue weighted by Crippen LogP contribution is 2.33. The number of nitrogens with zero attached hydrogens (tertiary/aromatic N) is 1. The van der Waals surface area contributed by atoms with E-state index in [1.165, 1.54) is 19.4 Å². The first kappa shape index (κ1) is 16.5. The van der Waals surface area contributed by atoms with Gasteiger partial charge in [-0.2, -0.15) is 0 Å². The van der Waals surface area contributed by atoms with Gasteiger partial charge in [0.05, 0.1) is 30.2 Å². The van der Waals surface area contributed by atoms with Crippen LogP contribution in [0, 0.1) is 5.82 Å². The van der Waals surface area contributed by atoms with Gasteiger partial charge in [0, 0.05) is 13.3 Å². The Bertz CT molecular complexity index is 879. The van der Waals surface area contributed by atoms with Crippen LogP contribution in [0.1, 0.15) is 23.3 Å². The van der Waals surface area contributed by atoms with E-state index in [0.717, 1.165) is 0 Å². The first-order valence-electron chi connectivity index (χ1n) is 7.45. The second kappa shape index (κ2) is 6.28. The molecular weight excluding hydrogens is 316 g/mol. The SMILES string of the molecule is [B]c1cc2c(=O)c(C(=O)OCC)cn3c2c(c1F)OCC3COC. The number of benzene rings is 1. The molecule has 1 aromatic heterocycles. The molecule has 2 radical (unpaired) electrons. The third-order valence-electron chi connectivity index (χ3n) is 3.91. The largest absolute Gasteiger partial charge is 0.486 e. The van der Waals surface area contributed by atoms with Gasteiger partial charge in [0.25, 0.3) is 0 Å². The highest BCUT2D eigenvalue weighted by atomic mass is 19.1. The van der Waals surface area contributed by atoms with Gasteiger partial charge in [0.15, 0.2) is 11.6 Å². The van der Waals surface area contributed by atoms with Gasteiger partial charge in [-0.3, -0.25) is 4.79 Å². The Morgan fingerprint density at radius 1 is 1.54 bits per heavy atom. The van der Waals surface area contributed by atoms with E-state index in [0.29, 0.717) is 0 Å². The predicted octanol–water partition coefficient (Wildman–Crippen LogP) is 0.691. The number of hydrogen-bond donors (Lipinski definition) is 0. The third-order valence-corrected chi connectivity index (χ3v) is 3.91. The predicted molar refractivity (Wildman–Crippen MR) is 85.9 cm³/mol. The monoisotopic (exact) mass is 331 g/mol. The Labute approximate surface area is 138 Å². The summed E-state index contributed by atoms with van der Waals surface area (Å²) in [5.74, 6) is -1.56. The minimum Gasteiger partial charge on any atom is -0.486 e. The van der Waals surface area contributed by atoms with Crippen LogP contribution >= 0.6 is 0 Å². The summed E-state index contributed by atoms with van der Waals surface area (Å²) < 4.78 is 31.4. The van der Waals surface area contributed by atoms with Gasteiger partial charge >= 0.3 is 5.97 Å². The van der Waals surface area contributed by atoms with Crippen LogP contribution in [0.25, 0.3) is 10.9 Å². The Morgan fingerprint density at radius 2 is 2.29 bits per heavy atom. The molecule has 0 aliphatic carbocycles. The summed E-state index contributed by atoms with van der Waals surface area (Å²) in [6, 6.07) is 0.899. The van der Waals surface area contributed by atoms with E-state index in [-0.39, 0.29) is 53.5 Å². The van der Waals surface area contributed by atoms with Gasteiger partial charge in [-0.1, -0.05) is 11.5 Å². The molecule has 1 aliphatic heterocycles. The lowest BCUT2D eigenvalue weighted by atomic mass is 9.92. The van der Waals surface area contributed by atoms with Crippen molar-refractivity contribution in [2.45, 2.75) is 13.0 Å². The molecule has 0 amide bonds. The number of carbonyl (C=O) groups is 1. The summed E-state index contributed by atoms with van der Waals surface area (Å²) in [7, 11) is 7.16. The number of aromatic nitrogens is 1. The first-order chi connectivity index (χ1) is 11.5. The van der Waals surface area contributed by atoms with E-state index in [2.05, 4.69) is 0 Å². The summed E-state index contributed by atoms with van der Waals surface area (Å²) in [6.07, 6.45) is 1.37. The molecule has 1 unspecified atom stereocenters. The summed E-state index contributed by atoms with van der Waals surface area (Å²) in [5, 5.41) is 0.107. The second-order valence-corrected chi connectivity index (χ2v) is 5.42. The Hall–Kier alpha value is -2.35. The lowest BCUT2D eigenvalue weighted by Crippen LogP contribution is -2.32. The standard InChI is InChI=1S/C16H15BFNO5/c1-3-23-16(21)10-5-19-8(6-22-2)7-24-15-12(18)11(17)4-9(13(15)19)14(10)20/h4-5,8H,3,6-7H2,1-2H3. The van der Waals surface area contributed by atoms with E-state index in [9.17, 15) is 14.0 Å². The van der Waals surface area contributed by atoms with Crippen LogP contribution in [0.3, 0.4) is 0 Å². The van der Waals surface area contributed by atoms with Crippen molar-refractivity contribution in [3.8, 4) is 5.75 Å². The molecule has 3 rings (SSSR count). The molecule has 124 valence electrons. The highest BCUT2D eigenvalue weighted by Gasteiger charge is 2.29. The maximum atomic E-state index is 14.3. The molecular formula is C16H15BFNO5. The van der Waals surface area contributed by atoms with Gasteiger partial charge in [-0.25, -0.2) is 9.18 Å². The quantitative estimate of drug-likeness (QED) is 0.609. The molecule has 1 aliphatic rings. The van der Waals surface area contributed by atoms with Crippen LogP contribution in [0.2, 0.25) is 0 Å². The van der Waals surface area contributed by atoms with Gasteiger partial charge < -0.3 is 18.8 Å². The van der Waals surface area contributed by atoms with Gasteiger partial charge in [0.2, 0.25) is 5.43 Å². The van der Waals surface area contributed by atoms with Crippen molar-refractivity contribution in [1.82, 2.24) is 4.57 Å². The number of ether oxygens (including phenoxy) is 3. The van der Waals surface area contributed by atoms with E-state index in [4.69, 9.17) is 22.1 Å². The van der Waals surface area contributed by atoms with E-state index < -0.39 is 17.2 Å². The number of halogens is 1. The van der Waals surface area contributed by atoms with Crippen molar-refractivity contribution in [2.75, 3.05) is 26.9 Å². The van der Waals surface area contributed by atoms with Gasteiger partial charge in [-0.15, -0.1) is 0 Å². The normalized spacial score (nSPS) is 16.0. The molecule has 1 aromatic carbocycles. The van der Waals surface area contributed by atoms with Crippen LogP contribution in [0.5, 0.6) is 5.75 Å². The average Bonchev–Trinajstić information content (AvgIpc) is 2.56. The number of rotatable bonds is 4. The maximum absolute atomic E-state index is 14.3. The Morgan fingerprint density at radius 3 is 2.96 bits per heavy atom. The number of esters is 1. The fourth-order valence-corrected chi connectivity index (χ4v) is 2.84. The zero-order valence-corrected chi connectivity index (χ0v) is 13.3. The van der Waals surface area contributed by atoms with Crippen LogP contribution in [-0.2, 0) is 9.47 Å². The van der Waals surface area contributed by atoms with E-state index in [1.807, 2.05) is 0 Å². The van der Waals surface area contributed by atoms with Crippen LogP contribution in [0.15, 0.2) is 17.1 Å². The molecule has 1 atom stereocenters. The fraction of sp³-hybridized carbons (Fsp3) is 0.375. The van der Waals surface area contributed by atoms with Crippen molar-refractivity contribution >= 4 is 30.2 Å². The second-order valence-electron chi connectivity index (χ2n) is 5.42. The number of methoxy groups -OCH3 is 1. The average molecular weight is 331 g/mol. The lowest BCUT2D eigenvalue weighted by Gasteiger charge is -2.29. The molecule has 6 nitrogen and oxygen atoms in total. The minimum atomic E-state index is -0.736. The molecule has 24 heavy (non-hydrogen) atoms. The number of pyridine rings is 1. The van der Waals surface area contributed by atoms with Gasteiger partial charge in [0.1, 0.15) is 20.0 Å². The molecule has 0 saturated heterocycles. The minimum absolute atomic E-state index is 0.0927. The van der Waals surface area contributed by atoms with Crippen LogP contribution in [0.4, 0.5) is 4.39 Å². The Kier molecular flexibility index (Phi) is 4.32. The van der Waals surface area contributed by atoms with Crippen LogP contribution in [-0.4, -0.2) is 45.3 Å². The van der Waals surface area contributed by atoms with Crippen molar-refractivity contribution in [1.29, 1.82) is 0 Å². The van der Waals surface area contributed by atoms with Gasteiger partial charge in [-0.05, 0) is 6.92 Å².